The fourth-order valence-corrected chi connectivity index (χ4v) is 3.78. The SMILES string of the molecule is Cc1ccc(CNC(=O)N2CCC[C@H](CO)C2)c(OC2CCCC2)c1. The first-order valence-electron chi connectivity index (χ1n) is 9.55. The number of hydrogen-bond acceptors (Lipinski definition) is 3. The maximum absolute atomic E-state index is 12.4. The van der Waals surface area contributed by atoms with Crippen LogP contribution >= 0.6 is 0 Å². The Bertz CT molecular complexity index is 584. The molecule has 1 aromatic rings. The molecular formula is C20H30N2O3. The van der Waals surface area contributed by atoms with Gasteiger partial charge in [-0.2, -0.15) is 0 Å². The molecule has 1 aliphatic carbocycles. The Labute approximate surface area is 150 Å². The van der Waals surface area contributed by atoms with Gasteiger partial charge in [0.25, 0.3) is 0 Å². The van der Waals surface area contributed by atoms with Gasteiger partial charge in [-0.1, -0.05) is 12.1 Å². The lowest BCUT2D eigenvalue weighted by Gasteiger charge is -2.32. The number of ether oxygens (including phenoxy) is 1. The van der Waals surface area contributed by atoms with E-state index in [1.54, 1.807) is 0 Å². The summed E-state index contributed by atoms with van der Waals surface area (Å²) in [6.45, 7) is 4.10. The van der Waals surface area contributed by atoms with Gasteiger partial charge >= 0.3 is 6.03 Å². The van der Waals surface area contributed by atoms with E-state index >= 15 is 0 Å². The number of urea groups is 1. The third-order valence-electron chi connectivity index (χ3n) is 5.31. The molecule has 0 bridgehead atoms. The smallest absolute Gasteiger partial charge is 0.317 e. The molecule has 0 radical (unpaired) electrons. The zero-order valence-corrected chi connectivity index (χ0v) is 15.2. The predicted octanol–water partition coefficient (Wildman–Crippen LogP) is 3.23. The second kappa shape index (κ2) is 8.56. The number of nitrogens with one attached hydrogen (secondary N) is 1. The van der Waals surface area contributed by atoms with Crippen LogP contribution in [0.15, 0.2) is 18.2 Å². The summed E-state index contributed by atoms with van der Waals surface area (Å²) in [5, 5.41) is 12.3. The topological polar surface area (TPSA) is 61.8 Å². The Balaban J connectivity index is 1.59. The minimum Gasteiger partial charge on any atom is -0.490 e. The van der Waals surface area contributed by atoms with Crippen molar-refractivity contribution in [3.8, 4) is 5.75 Å². The minimum atomic E-state index is -0.0504. The van der Waals surface area contributed by atoms with Gasteiger partial charge in [-0.05, 0) is 63.0 Å². The van der Waals surface area contributed by atoms with Gasteiger partial charge in [0.15, 0.2) is 0 Å². The number of carbonyl (C=O) groups is 1. The predicted molar refractivity (Wildman–Crippen MR) is 97.7 cm³/mol. The van der Waals surface area contributed by atoms with Crippen molar-refractivity contribution < 1.29 is 14.6 Å². The normalized spacial score (nSPS) is 21.4. The van der Waals surface area contributed by atoms with Crippen molar-refractivity contribution in [3.05, 3.63) is 29.3 Å². The van der Waals surface area contributed by atoms with E-state index in [2.05, 4.69) is 24.4 Å². The van der Waals surface area contributed by atoms with E-state index in [-0.39, 0.29) is 18.6 Å². The Morgan fingerprint density at radius 2 is 2.08 bits per heavy atom. The Kier molecular flexibility index (Phi) is 6.19. The quantitative estimate of drug-likeness (QED) is 0.860. The van der Waals surface area contributed by atoms with Crippen molar-refractivity contribution in [1.82, 2.24) is 10.2 Å². The highest BCUT2D eigenvalue weighted by atomic mass is 16.5. The van der Waals surface area contributed by atoms with Gasteiger partial charge in [0.05, 0.1) is 6.10 Å². The van der Waals surface area contributed by atoms with Gasteiger partial charge in [-0.25, -0.2) is 4.79 Å². The average Bonchev–Trinajstić information content (AvgIpc) is 3.14. The van der Waals surface area contributed by atoms with Crippen molar-refractivity contribution in [3.63, 3.8) is 0 Å². The van der Waals surface area contributed by atoms with Crippen molar-refractivity contribution in [2.45, 2.75) is 58.1 Å². The number of benzene rings is 1. The van der Waals surface area contributed by atoms with Crippen LogP contribution in [0.5, 0.6) is 5.75 Å². The van der Waals surface area contributed by atoms with Gasteiger partial charge in [-0.3, -0.25) is 0 Å². The Morgan fingerprint density at radius 1 is 1.28 bits per heavy atom. The molecular weight excluding hydrogens is 316 g/mol. The highest BCUT2D eigenvalue weighted by molar-refractivity contribution is 5.74. The summed E-state index contributed by atoms with van der Waals surface area (Å²) in [6, 6.07) is 6.13. The van der Waals surface area contributed by atoms with Crippen LogP contribution in [-0.4, -0.2) is 41.8 Å². The average molecular weight is 346 g/mol. The number of aliphatic hydroxyl groups excluding tert-OH is 1. The first-order valence-corrected chi connectivity index (χ1v) is 9.55. The fraction of sp³-hybridized carbons (Fsp3) is 0.650. The molecule has 1 aliphatic heterocycles. The fourth-order valence-electron chi connectivity index (χ4n) is 3.78. The molecule has 0 spiro atoms. The summed E-state index contributed by atoms with van der Waals surface area (Å²) in [5.74, 6) is 1.11. The van der Waals surface area contributed by atoms with Gasteiger partial charge in [-0.15, -0.1) is 0 Å². The standard InChI is InChI=1S/C20H30N2O3/c1-15-8-9-17(19(11-15)25-18-6-2-3-7-18)12-21-20(24)22-10-4-5-16(13-22)14-23/h8-9,11,16,18,23H,2-7,10,12-14H2,1H3,(H,21,24)/t16-/m0/s1. The summed E-state index contributed by atoms with van der Waals surface area (Å²) >= 11 is 0. The molecule has 1 heterocycles. The molecule has 0 aromatic heterocycles. The van der Waals surface area contributed by atoms with Crippen LogP contribution in [0.3, 0.4) is 0 Å². The molecule has 1 aromatic carbocycles. The molecule has 2 fully saturated rings. The lowest BCUT2D eigenvalue weighted by molar-refractivity contribution is 0.129. The van der Waals surface area contributed by atoms with E-state index < -0.39 is 0 Å². The van der Waals surface area contributed by atoms with E-state index in [4.69, 9.17) is 4.74 Å². The van der Waals surface area contributed by atoms with E-state index in [0.717, 1.165) is 43.5 Å². The maximum Gasteiger partial charge on any atom is 0.317 e. The van der Waals surface area contributed by atoms with E-state index in [0.29, 0.717) is 19.2 Å². The van der Waals surface area contributed by atoms with Crippen molar-refractivity contribution in [2.24, 2.45) is 5.92 Å². The van der Waals surface area contributed by atoms with E-state index in [1.807, 2.05) is 11.0 Å². The van der Waals surface area contributed by atoms with Crippen molar-refractivity contribution in [2.75, 3.05) is 19.7 Å². The summed E-state index contributed by atoms with van der Waals surface area (Å²) in [7, 11) is 0. The molecule has 2 N–H and O–H groups in total. The van der Waals surface area contributed by atoms with Crippen LogP contribution in [0.1, 0.15) is 49.7 Å². The molecule has 3 rings (SSSR count). The molecule has 25 heavy (non-hydrogen) atoms. The number of nitrogens with zero attached hydrogens (tertiary/aromatic N) is 1. The van der Waals surface area contributed by atoms with Crippen LogP contribution in [0.2, 0.25) is 0 Å². The second-order valence-corrected chi connectivity index (χ2v) is 7.43. The molecule has 2 aliphatic rings. The first kappa shape index (κ1) is 18.1. The number of amides is 2. The molecule has 1 saturated heterocycles. The maximum atomic E-state index is 12.4. The molecule has 1 saturated carbocycles. The highest BCUT2D eigenvalue weighted by Crippen LogP contribution is 2.27. The van der Waals surface area contributed by atoms with Crippen LogP contribution in [0, 0.1) is 12.8 Å². The minimum absolute atomic E-state index is 0.0504. The van der Waals surface area contributed by atoms with Gasteiger partial charge < -0.3 is 20.1 Å². The second-order valence-electron chi connectivity index (χ2n) is 7.43. The first-order chi connectivity index (χ1) is 12.2. The number of aryl methyl sites for hydroxylation is 1. The van der Waals surface area contributed by atoms with Gasteiger partial charge in [0, 0.05) is 31.8 Å². The number of likely N-dealkylation sites (tertiary alicyclic amines) is 1. The molecule has 2 amide bonds. The van der Waals surface area contributed by atoms with Crippen LogP contribution in [0.4, 0.5) is 4.79 Å². The van der Waals surface area contributed by atoms with Gasteiger partial charge in [0.2, 0.25) is 0 Å². The summed E-state index contributed by atoms with van der Waals surface area (Å²) in [6.07, 6.45) is 6.99. The number of hydrogen-bond donors (Lipinski definition) is 2. The summed E-state index contributed by atoms with van der Waals surface area (Å²) in [5.41, 5.74) is 2.20. The van der Waals surface area contributed by atoms with E-state index in [1.165, 1.54) is 18.4 Å². The molecule has 1 atom stereocenters. The molecule has 5 heteroatoms. The van der Waals surface area contributed by atoms with Gasteiger partial charge in [0.1, 0.15) is 5.75 Å². The monoisotopic (exact) mass is 346 g/mol. The Morgan fingerprint density at radius 3 is 2.84 bits per heavy atom. The van der Waals surface area contributed by atoms with Crippen LogP contribution in [0.25, 0.3) is 0 Å². The van der Waals surface area contributed by atoms with Crippen LogP contribution in [-0.2, 0) is 6.54 Å². The molecule has 138 valence electrons. The number of carbonyl (C=O) groups excluding carboxylic acids is 1. The number of piperidine rings is 1. The van der Waals surface area contributed by atoms with Crippen molar-refractivity contribution >= 4 is 6.03 Å². The summed E-state index contributed by atoms with van der Waals surface area (Å²) < 4.78 is 6.20. The lowest BCUT2D eigenvalue weighted by Crippen LogP contribution is -2.46. The van der Waals surface area contributed by atoms with Crippen molar-refractivity contribution in [1.29, 1.82) is 0 Å². The Hall–Kier alpha value is -1.75. The van der Waals surface area contributed by atoms with Crippen LogP contribution < -0.4 is 10.1 Å². The highest BCUT2D eigenvalue weighted by Gasteiger charge is 2.23. The van der Waals surface area contributed by atoms with E-state index in [9.17, 15) is 9.90 Å². The largest absolute Gasteiger partial charge is 0.490 e. The molecule has 0 unspecified atom stereocenters. The molecule has 5 nitrogen and oxygen atoms in total. The zero-order chi connectivity index (χ0) is 17.6. The number of rotatable bonds is 5. The zero-order valence-electron chi connectivity index (χ0n) is 15.2. The number of aliphatic hydroxyl groups is 1. The summed E-state index contributed by atoms with van der Waals surface area (Å²) in [4.78, 5) is 14.3. The lowest BCUT2D eigenvalue weighted by atomic mass is 9.99. The third kappa shape index (κ3) is 4.88. The third-order valence-corrected chi connectivity index (χ3v) is 5.31.